The summed E-state index contributed by atoms with van der Waals surface area (Å²) >= 11 is 0.996. The molecule has 0 atom stereocenters. The van der Waals surface area contributed by atoms with E-state index in [1.54, 1.807) is 5.32 Å². The molecule has 11 heteroatoms. The summed E-state index contributed by atoms with van der Waals surface area (Å²) in [7, 11) is 0. The first-order valence-corrected chi connectivity index (χ1v) is 7.34. The summed E-state index contributed by atoms with van der Waals surface area (Å²) in [5, 5.41) is 16.3. The van der Waals surface area contributed by atoms with Crippen LogP contribution in [0.25, 0.3) is 0 Å². The highest BCUT2D eigenvalue weighted by molar-refractivity contribution is 7.99. The second-order valence-electron chi connectivity index (χ2n) is 4.12. The van der Waals surface area contributed by atoms with Gasteiger partial charge in [-0.15, -0.1) is 5.10 Å². The van der Waals surface area contributed by atoms with E-state index in [1.807, 2.05) is 6.92 Å². The minimum atomic E-state index is -4.41. The van der Waals surface area contributed by atoms with Gasteiger partial charge in [0, 0.05) is 6.54 Å². The lowest BCUT2D eigenvalue weighted by molar-refractivity contribution is -0.136. The van der Waals surface area contributed by atoms with Crippen LogP contribution in [-0.4, -0.2) is 57.7 Å². The Labute approximate surface area is 124 Å². The van der Waals surface area contributed by atoms with Crippen LogP contribution in [0.15, 0.2) is 5.16 Å². The molecule has 1 heterocycles. The lowest BCUT2D eigenvalue weighted by atomic mass is 10.5. The highest BCUT2D eigenvalue weighted by atomic mass is 32.2. The summed E-state index contributed by atoms with van der Waals surface area (Å²) in [5.41, 5.74) is 0. The molecule has 1 aromatic rings. The average molecular weight is 326 g/mol. The molecule has 1 aromatic heterocycles. The maximum atomic E-state index is 11.9. The minimum absolute atomic E-state index is 0.168. The summed E-state index contributed by atoms with van der Waals surface area (Å²) < 4.78 is 37.3. The second-order valence-corrected chi connectivity index (χ2v) is 5.06. The maximum Gasteiger partial charge on any atom is 0.405 e. The van der Waals surface area contributed by atoms with E-state index in [0.29, 0.717) is 18.2 Å². The van der Waals surface area contributed by atoms with Crippen molar-refractivity contribution >= 4 is 17.7 Å². The molecular weight excluding hydrogens is 309 g/mol. The van der Waals surface area contributed by atoms with Crippen molar-refractivity contribution in [2.45, 2.75) is 31.2 Å². The molecule has 0 saturated heterocycles. The number of tetrazole rings is 1. The molecule has 0 aliphatic rings. The van der Waals surface area contributed by atoms with Gasteiger partial charge in [-0.3, -0.25) is 4.79 Å². The molecule has 7 nitrogen and oxygen atoms in total. The Kier molecular flexibility index (Phi) is 7.43. The molecule has 1 rings (SSSR count). The molecule has 0 spiro atoms. The van der Waals surface area contributed by atoms with Gasteiger partial charge in [0.2, 0.25) is 11.1 Å². The van der Waals surface area contributed by atoms with Crippen molar-refractivity contribution in [3.8, 4) is 0 Å². The van der Waals surface area contributed by atoms with Gasteiger partial charge in [-0.2, -0.15) is 13.2 Å². The van der Waals surface area contributed by atoms with Crippen molar-refractivity contribution in [1.82, 2.24) is 30.8 Å². The molecule has 0 radical (unpaired) electrons. The molecule has 1 amide bonds. The van der Waals surface area contributed by atoms with E-state index in [-0.39, 0.29) is 5.75 Å². The Bertz CT molecular complexity index is 439. The fourth-order valence-electron chi connectivity index (χ4n) is 1.31. The first kappa shape index (κ1) is 17.7. The number of hydrogen-bond acceptors (Lipinski definition) is 6. The van der Waals surface area contributed by atoms with Gasteiger partial charge in [-0.25, -0.2) is 4.68 Å². The van der Waals surface area contributed by atoms with Crippen molar-refractivity contribution in [1.29, 1.82) is 0 Å². The number of carbonyl (C=O) groups is 1. The molecule has 0 saturated carbocycles. The van der Waals surface area contributed by atoms with E-state index >= 15 is 0 Å². The first-order chi connectivity index (χ1) is 9.92. The van der Waals surface area contributed by atoms with Gasteiger partial charge in [0.15, 0.2) is 0 Å². The molecule has 120 valence electrons. The van der Waals surface area contributed by atoms with E-state index in [1.165, 1.54) is 4.68 Å². The van der Waals surface area contributed by atoms with E-state index in [0.717, 1.165) is 24.7 Å². The lowest BCUT2D eigenvalue weighted by Crippen LogP contribution is -2.34. The zero-order valence-electron chi connectivity index (χ0n) is 11.5. The first-order valence-electron chi connectivity index (χ1n) is 6.35. The number of aromatic nitrogens is 4. The molecule has 21 heavy (non-hydrogen) atoms. The fourth-order valence-corrected chi connectivity index (χ4v) is 2.04. The van der Waals surface area contributed by atoms with Crippen molar-refractivity contribution < 1.29 is 18.0 Å². The van der Waals surface area contributed by atoms with Crippen LogP contribution in [0, 0.1) is 0 Å². The van der Waals surface area contributed by atoms with E-state index < -0.39 is 18.6 Å². The van der Waals surface area contributed by atoms with E-state index in [9.17, 15) is 18.0 Å². The maximum absolute atomic E-state index is 11.9. The van der Waals surface area contributed by atoms with Gasteiger partial charge in [0.25, 0.3) is 0 Å². The summed E-state index contributed by atoms with van der Waals surface area (Å²) in [6, 6.07) is 0. The highest BCUT2D eigenvalue weighted by Crippen LogP contribution is 2.14. The SMILES string of the molecule is CCCNCCn1nnnc1SCC(=O)NCC(F)(F)F. The van der Waals surface area contributed by atoms with Gasteiger partial charge < -0.3 is 10.6 Å². The van der Waals surface area contributed by atoms with Crippen LogP contribution in [0.5, 0.6) is 0 Å². The monoisotopic (exact) mass is 326 g/mol. The number of nitrogens with zero attached hydrogens (tertiary/aromatic N) is 4. The van der Waals surface area contributed by atoms with Gasteiger partial charge >= 0.3 is 6.18 Å². The topological polar surface area (TPSA) is 84.7 Å². The van der Waals surface area contributed by atoms with Crippen molar-refractivity contribution in [3.63, 3.8) is 0 Å². The number of thioether (sulfide) groups is 1. The summed E-state index contributed by atoms with van der Waals surface area (Å²) in [5.74, 6) is -0.880. The van der Waals surface area contributed by atoms with Gasteiger partial charge in [-0.05, 0) is 23.4 Å². The molecule has 0 fully saturated rings. The number of nitrogens with one attached hydrogen (secondary N) is 2. The number of rotatable bonds is 9. The van der Waals surface area contributed by atoms with Crippen LogP contribution < -0.4 is 10.6 Å². The van der Waals surface area contributed by atoms with E-state index in [4.69, 9.17) is 0 Å². The number of carbonyl (C=O) groups excluding carboxylic acids is 1. The molecular formula is C10H17F3N6OS. The number of halogens is 3. The fraction of sp³-hybridized carbons (Fsp3) is 0.800. The third kappa shape index (κ3) is 7.85. The number of amides is 1. The summed E-state index contributed by atoms with van der Waals surface area (Å²) in [6.45, 7) is 2.79. The molecule has 0 bridgehead atoms. The van der Waals surface area contributed by atoms with Gasteiger partial charge in [0.05, 0.1) is 12.3 Å². The summed E-state index contributed by atoms with van der Waals surface area (Å²) in [6.07, 6.45) is -3.40. The molecule has 2 N–H and O–H groups in total. The predicted molar refractivity (Wildman–Crippen MR) is 70.8 cm³/mol. The summed E-state index contributed by atoms with van der Waals surface area (Å²) in [4.78, 5) is 11.3. The normalized spacial score (nSPS) is 11.6. The predicted octanol–water partition coefficient (Wildman–Crippen LogP) is 0.443. The third-order valence-electron chi connectivity index (χ3n) is 2.24. The van der Waals surface area contributed by atoms with Gasteiger partial charge in [0.1, 0.15) is 6.54 Å². The van der Waals surface area contributed by atoms with Crippen molar-refractivity contribution in [3.05, 3.63) is 0 Å². The lowest BCUT2D eigenvalue weighted by Gasteiger charge is -2.08. The smallest absolute Gasteiger partial charge is 0.346 e. The Balaban J connectivity index is 2.31. The minimum Gasteiger partial charge on any atom is -0.346 e. The van der Waals surface area contributed by atoms with Crippen molar-refractivity contribution in [2.75, 3.05) is 25.4 Å². The average Bonchev–Trinajstić information content (AvgIpc) is 2.86. The van der Waals surface area contributed by atoms with Gasteiger partial charge in [-0.1, -0.05) is 18.7 Å². The Morgan fingerprint density at radius 2 is 2.14 bits per heavy atom. The van der Waals surface area contributed by atoms with Crippen LogP contribution in [0.3, 0.4) is 0 Å². The Morgan fingerprint density at radius 3 is 2.81 bits per heavy atom. The highest BCUT2D eigenvalue weighted by Gasteiger charge is 2.27. The van der Waals surface area contributed by atoms with Crippen LogP contribution in [0.2, 0.25) is 0 Å². The third-order valence-corrected chi connectivity index (χ3v) is 3.20. The van der Waals surface area contributed by atoms with Crippen LogP contribution in [-0.2, 0) is 11.3 Å². The zero-order valence-corrected chi connectivity index (χ0v) is 12.3. The molecule has 0 aromatic carbocycles. The standard InChI is InChI=1S/C10H17F3N6OS/c1-2-3-14-4-5-19-9(16-17-18-19)21-6-8(20)15-7-10(11,12)13/h14H,2-7H2,1H3,(H,15,20). The quantitative estimate of drug-likeness (QED) is 0.506. The molecule has 0 aliphatic carbocycles. The Hall–Kier alpha value is -1.36. The Morgan fingerprint density at radius 1 is 1.38 bits per heavy atom. The molecule has 0 aliphatic heterocycles. The molecule has 0 unspecified atom stereocenters. The largest absolute Gasteiger partial charge is 0.405 e. The van der Waals surface area contributed by atoms with Crippen LogP contribution in [0.4, 0.5) is 13.2 Å². The number of alkyl halides is 3. The second kappa shape index (κ2) is 8.82. The number of hydrogen-bond donors (Lipinski definition) is 2. The van der Waals surface area contributed by atoms with Crippen LogP contribution in [0.1, 0.15) is 13.3 Å². The van der Waals surface area contributed by atoms with Crippen LogP contribution >= 0.6 is 11.8 Å². The van der Waals surface area contributed by atoms with Crippen molar-refractivity contribution in [2.24, 2.45) is 0 Å². The zero-order chi connectivity index (χ0) is 15.7. The van der Waals surface area contributed by atoms with E-state index in [2.05, 4.69) is 20.8 Å².